The predicted molar refractivity (Wildman–Crippen MR) is 192 cm³/mol. The Morgan fingerprint density at radius 1 is 1.10 bits per heavy atom. The molecule has 0 amide bonds. The molecule has 3 aliphatic carbocycles. The molecule has 1 saturated carbocycles. The number of carboxylic acid groups (broad SMARTS) is 1. The molecule has 3 aromatic rings. The van der Waals surface area contributed by atoms with Gasteiger partial charge in [0.1, 0.15) is 17.0 Å². The van der Waals surface area contributed by atoms with E-state index >= 15 is 0 Å². The fraction of sp³-hybridized carbons (Fsp3) is 0.526. The summed E-state index contributed by atoms with van der Waals surface area (Å²) < 4.78 is 28.2. The third-order valence-corrected chi connectivity index (χ3v) is 11.8. The van der Waals surface area contributed by atoms with Crippen LogP contribution in [-0.4, -0.2) is 51.2 Å². The molecule has 3 atom stereocenters. The zero-order valence-corrected chi connectivity index (χ0v) is 30.4. The van der Waals surface area contributed by atoms with Crippen molar-refractivity contribution in [2.24, 2.45) is 11.8 Å². The summed E-state index contributed by atoms with van der Waals surface area (Å²) in [7, 11) is -4.53. The Bertz CT molecular complexity index is 1720. The number of nitrogens with one attached hydrogen (secondary N) is 1. The number of carbonyl (C=O) groups is 1. The van der Waals surface area contributed by atoms with E-state index in [2.05, 4.69) is 40.8 Å². The number of hydrogen-bond donors (Lipinski definition) is 4. The number of benzene rings is 2. The van der Waals surface area contributed by atoms with Crippen LogP contribution in [0, 0.1) is 11.8 Å². The van der Waals surface area contributed by atoms with Gasteiger partial charge in [0.15, 0.2) is 0 Å². The molecular weight excluding hydrogens is 679 g/mol. The number of phosphoric acid groups is 1. The van der Waals surface area contributed by atoms with Gasteiger partial charge in [0, 0.05) is 34.6 Å². The number of aryl methyl sites for hydroxylation is 1. The Kier molecular flexibility index (Phi) is 11.2. The Balaban J connectivity index is 1.21. The van der Waals surface area contributed by atoms with Gasteiger partial charge in [-0.05, 0) is 128 Å². The number of pyridine rings is 1. The molecule has 3 aliphatic rings. The second-order valence-electron chi connectivity index (χ2n) is 14.5. The van der Waals surface area contributed by atoms with E-state index in [4.69, 9.17) is 30.9 Å². The van der Waals surface area contributed by atoms with E-state index in [9.17, 15) is 14.5 Å². The molecule has 2 aromatic carbocycles. The summed E-state index contributed by atoms with van der Waals surface area (Å²) in [5.74, 6) is 1.73. The number of anilines is 1. The maximum atomic E-state index is 12.9. The number of ether oxygens (including phenoxy) is 2. The van der Waals surface area contributed by atoms with Crippen LogP contribution in [0.4, 0.5) is 5.69 Å². The molecule has 0 saturated heterocycles. The van der Waals surface area contributed by atoms with Gasteiger partial charge in [0.2, 0.25) is 0 Å². The monoisotopic (exact) mass is 726 g/mol. The van der Waals surface area contributed by atoms with Crippen molar-refractivity contribution < 1.29 is 38.3 Å². The lowest BCUT2D eigenvalue weighted by Crippen LogP contribution is -2.53. The Morgan fingerprint density at radius 3 is 2.64 bits per heavy atom. The molecule has 4 N–H and O–H groups in total. The molecule has 12 heteroatoms. The van der Waals surface area contributed by atoms with Crippen molar-refractivity contribution in [3.8, 4) is 11.5 Å². The standard InChI is InChI=1S/C38H48ClN2O8P/c1-25(24-48-34-12-17-40-33-9-3-6-26(2)35(33)34)20-28-21-27-10-11-31(47-18-5-19-49-50(44,45)46)23-32(27)37(28)13-15-38(16-14-37,36(42)43)41-30-8-4-7-29(39)22-30/h4,7-8,10-12,17,22-23,25-26,28,41H,3,5-6,9,13-16,18-21,24H2,1-2H3,(H,42,43)(H2,44,45,46)/t25-,26-,28?,37?,38?/m1/s1. The van der Waals surface area contributed by atoms with E-state index < -0.39 is 19.3 Å². The van der Waals surface area contributed by atoms with E-state index in [0.717, 1.165) is 43.5 Å². The van der Waals surface area contributed by atoms with Crippen LogP contribution >= 0.6 is 19.4 Å². The summed E-state index contributed by atoms with van der Waals surface area (Å²) in [5.41, 5.74) is 4.19. The zero-order valence-electron chi connectivity index (χ0n) is 28.8. The first-order chi connectivity index (χ1) is 23.9. The van der Waals surface area contributed by atoms with Gasteiger partial charge in [-0.25, -0.2) is 9.36 Å². The number of nitrogens with zero attached hydrogens (tertiary/aromatic N) is 1. The highest BCUT2D eigenvalue weighted by Gasteiger charge is 2.54. The van der Waals surface area contributed by atoms with Crippen molar-refractivity contribution in [2.75, 3.05) is 25.1 Å². The molecule has 6 rings (SSSR count). The molecule has 1 spiro atoms. The fourth-order valence-corrected chi connectivity index (χ4v) is 9.16. The normalized spacial score (nSPS) is 25.1. The van der Waals surface area contributed by atoms with Crippen LogP contribution in [0.2, 0.25) is 5.02 Å². The van der Waals surface area contributed by atoms with Crippen LogP contribution in [0.3, 0.4) is 0 Å². The number of fused-ring (bicyclic) bond motifs is 3. The summed E-state index contributed by atoms with van der Waals surface area (Å²) in [6.45, 7) is 5.22. The maximum Gasteiger partial charge on any atom is 0.469 e. The summed E-state index contributed by atoms with van der Waals surface area (Å²) in [4.78, 5) is 35.5. The molecule has 1 heterocycles. The van der Waals surface area contributed by atoms with Crippen LogP contribution in [0.1, 0.15) is 93.5 Å². The third-order valence-electron chi connectivity index (χ3n) is 11.1. The number of rotatable bonds is 14. The van der Waals surface area contributed by atoms with Crippen LogP contribution in [0.5, 0.6) is 11.5 Å². The first kappa shape index (κ1) is 36.6. The van der Waals surface area contributed by atoms with Crippen molar-refractivity contribution >= 4 is 31.1 Å². The quantitative estimate of drug-likeness (QED) is 0.0950. The van der Waals surface area contributed by atoms with Crippen molar-refractivity contribution in [3.63, 3.8) is 0 Å². The van der Waals surface area contributed by atoms with Gasteiger partial charge in [0.25, 0.3) is 0 Å². The topological polar surface area (TPSA) is 147 Å². The van der Waals surface area contributed by atoms with Gasteiger partial charge in [-0.15, -0.1) is 0 Å². The predicted octanol–water partition coefficient (Wildman–Crippen LogP) is 8.08. The molecular formula is C38H48ClN2O8P. The minimum Gasteiger partial charge on any atom is -0.493 e. The Hall–Kier alpha value is -3.14. The van der Waals surface area contributed by atoms with Gasteiger partial charge >= 0.3 is 13.8 Å². The Labute approximate surface area is 299 Å². The van der Waals surface area contributed by atoms with Gasteiger partial charge in [-0.3, -0.25) is 9.51 Å². The zero-order chi connectivity index (χ0) is 35.5. The number of carboxylic acids is 1. The Morgan fingerprint density at radius 2 is 1.90 bits per heavy atom. The molecule has 0 aliphatic heterocycles. The van der Waals surface area contributed by atoms with Gasteiger partial charge in [-0.1, -0.05) is 37.6 Å². The van der Waals surface area contributed by atoms with Gasteiger partial charge < -0.3 is 29.7 Å². The lowest BCUT2D eigenvalue weighted by molar-refractivity contribution is -0.144. The second-order valence-corrected chi connectivity index (χ2v) is 16.2. The van der Waals surface area contributed by atoms with E-state index in [0.29, 0.717) is 61.1 Å². The van der Waals surface area contributed by atoms with E-state index in [1.54, 1.807) is 12.1 Å². The first-order valence-electron chi connectivity index (χ1n) is 17.7. The summed E-state index contributed by atoms with van der Waals surface area (Å²) in [6.07, 6.45) is 9.55. The highest BCUT2D eigenvalue weighted by molar-refractivity contribution is 7.46. The molecule has 50 heavy (non-hydrogen) atoms. The summed E-state index contributed by atoms with van der Waals surface area (Å²) >= 11 is 6.25. The molecule has 1 unspecified atom stereocenters. The first-order valence-corrected chi connectivity index (χ1v) is 19.6. The minimum absolute atomic E-state index is 0.112. The molecule has 1 aromatic heterocycles. The minimum atomic E-state index is -4.53. The molecule has 270 valence electrons. The van der Waals surface area contributed by atoms with Gasteiger partial charge in [-0.2, -0.15) is 0 Å². The molecule has 0 bridgehead atoms. The highest BCUT2D eigenvalue weighted by atomic mass is 35.5. The van der Waals surface area contributed by atoms with Crippen molar-refractivity contribution in [3.05, 3.63) is 82.1 Å². The van der Waals surface area contributed by atoms with Crippen molar-refractivity contribution in [1.82, 2.24) is 4.98 Å². The number of halogens is 1. The largest absolute Gasteiger partial charge is 0.493 e. The number of aliphatic carboxylic acids is 1. The van der Waals surface area contributed by atoms with Crippen LogP contribution in [0.25, 0.3) is 0 Å². The average molecular weight is 727 g/mol. The van der Waals surface area contributed by atoms with E-state index in [1.807, 2.05) is 30.5 Å². The lowest BCUT2D eigenvalue weighted by Gasteiger charge is -2.47. The number of hydrogen-bond acceptors (Lipinski definition) is 7. The number of phosphoric ester groups is 1. The SMILES string of the molecule is C[C@@H](COc1ccnc2c1[C@H](C)CCC2)CC1Cc2ccc(OCCCOP(=O)(O)O)cc2C12CCC(Nc1cccc(Cl)c1)(C(=O)O)CC2. The third kappa shape index (κ3) is 8.16. The number of aromatic nitrogens is 1. The smallest absolute Gasteiger partial charge is 0.469 e. The van der Waals surface area contributed by atoms with Crippen LogP contribution in [0.15, 0.2) is 54.7 Å². The van der Waals surface area contributed by atoms with Crippen LogP contribution in [-0.2, 0) is 32.1 Å². The van der Waals surface area contributed by atoms with Crippen LogP contribution < -0.4 is 14.8 Å². The molecule has 10 nitrogen and oxygen atoms in total. The maximum absolute atomic E-state index is 12.9. The average Bonchev–Trinajstić information content (AvgIpc) is 3.35. The highest BCUT2D eigenvalue weighted by Crippen LogP contribution is 2.57. The van der Waals surface area contributed by atoms with Crippen molar-refractivity contribution in [2.45, 2.75) is 94.9 Å². The molecule has 0 radical (unpaired) electrons. The van der Waals surface area contributed by atoms with E-state index in [1.165, 1.54) is 16.7 Å². The van der Waals surface area contributed by atoms with Gasteiger partial charge in [0.05, 0.1) is 19.8 Å². The fourth-order valence-electron chi connectivity index (χ4n) is 8.60. The summed E-state index contributed by atoms with van der Waals surface area (Å²) in [5, 5.41) is 14.5. The second kappa shape index (κ2) is 15.2. The van der Waals surface area contributed by atoms with Crippen molar-refractivity contribution in [1.29, 1.82) is 0 Å². The van der Waals surface area contributed by atoms with E-state index in [-0.39, 0.29) is 30.5 Å². The summed E-state index contributed by atoms with van der Waals surface area (Å²) in [6, 6.07) is 15.4. The molecule has 1 fully saturated rings. The lowest BCUT2D eigenvalue weighted by atomic mass is 9.59.